The van der Waals surface area contributed by atoms with Crippen LogP contribution in [0.2, 0.25) is 0 Å². The van der Waals surface area contributed by atoms with Crippen molar-refractivity contribution < 1.29 is 80.8 Å². The second-order valence-electron chi connectivity index (χ2n) is 14.5. The average Bonchev–Trinajstić information content (AvgIpc) is 3.89. The number of hydrogen-bond donors (Lipinski definition) is 0. The Hall–Kier alpha value is -4.46. The van der Waals surface area contributed by atoms with Gasteiger partial charge in [0.1, 0.15) is 18.8 Å². The summed E-state index contributed by atoms with van der Waals surface area (Å²) in [6.07, 6.45) is -9.44. The van der Waals surface area contributed by atoms with Gasteiger partial charge in [0.05, 0.1) is 39.5 Å². The molecule has 4 aliphatic heterocycles. The van der Waals surface area contributed by atoms with Crippen molar-refractivity contribution in [2.45, 2.75) is 72.2 Å². The van der Waals surface area contributed by atoms with Crippen molar-refractivity contribution >= 4 is 70.5 Å². The number of halogens is 4. The number of carbonyl (C=O) groups excluding carboxylic acids is 4. The van der Waals surface area contributed by atoms with Crippen LogP contribution < -0.4 is 23.7 Å². The monoisotopic (exact) mass is 942 g/mol. The average molecular weight is 945 g/mol. The van der Waals surface area contributed by atoms with Gasteiger partial charge in [0, 0.05) is 11.8 Å². The molecule has 0 unspecified atom stereocenters. The number of esters is 3. The lowest BCUT2D eigenvalue weighted by molar-refractivity contribution is -0.365. The minimum atomic E-state index is -1.67. The molecule has 3 aromatic carbocycles. The Morgan fingerprint density at radius 3 is 2.10 bits per heavy atom. The van der Waals surface area contributed by atoms with Crippen molar-refractivity contribution in [2.24, 2.45) is 11.8 Å². The zero-order chi connectivity index (χ0) is 43.8. The molecule has 0 N–H and O–H groups in total. The van der Waals surface area contributed by atoms with Gasteiger partial charge in [-0.2, -0.15) is 0 Å². The molecule has 62 heavy (non-hydrogen) atoms. The zero-order valence-electron chi connectivity index (χ0n) is 32.9. The molecular weight excluding hydrogens is 906 g/mol. The van der Waals surface area contributed by atoms with E-state index in [9.17, 15) is 19.2 Å². The normalized spacial score (nSPS) is 28.2. The van der Waals surface area contributed by atoms with E-state index in [0.717, 1.165) is 5.56 Å². The number of carbonyl (C=O) groups is 4. The van der Waals surface area contributed by atoms with Crippen LogP contribution in [0.5, 0.6) is 28.7 Å². The lowest BCUT2D eigenvalue weighted by atomic mass is 9.66. The van der Waals surface area contributed by atoms with Crippen LogP contribution in [-0.2, 0) is 58.9 Å². The number of benzene rings is 3. The van der Waals surface area contributed by atoms with Gasteiger partial charge in [-0.3, -0.25) is 4.79 Å². The van der Waals surface area contributed by atoms with Gasteiger partial charge in [0.15, 0.2) is 47.8 Å². The molecular formula is C41H38Cl4O17. The summed E-state index contributed by atoms with van der Waals surface area (Å²) in [6, 6.07) is 15.7. The largest absolute Gasteiger partial charge is 0.514 e. The lowest BCUT2D eigenvalue weighted by Crippen LogP contribution is -2.65. The third-order valence-electron chi connectivity index (χ3n) is 10.9. The molecule has 3 fully saturated rings. The number of methoxy groups -OCH3 is 2. The van der Waals surface area contributed by atoms with E-state index in [0.29, 0.717) is 28.2 Å². The molecule has 4 heterocycles. The molecule has 3 saturated heterocycles. The highest BCUT2D eigenvalue weighted by Crippen LogP contribution is 2.57. The van der Waals surface area contributed by atoms with Crippen molar-refractivity contribution in [3.63, 3.8) is 0 Å². The molecule has 17 nitrogen and oxygen atoms in total. The molecule has 0 aromatic heterocycles. The highest BCUT2D eigenvalue weighted by atomic mass is 35.5. The summed E-state index contributed by atoms with van der Waals surface area (Å²) < 4.78 is 76.1. The molecule has 3 aromatic rings. The van der Waals surface area contributed by atoms with Crippen LogP contribution >= 0.6 is 46.4 Å². The van der Waals surface area contributed by atoms with Crippen LogP contribution in [0.4, 0.5) is 4.79 Å². The first-order valence-electron chi connectivity index (χ1n) is 19.1. The molecule has 10 atom stereocenters. The van der Waals surface area contributed by atoms with E-state index in [1.165, 1.54) is 14.2 Å². The number of fused-ring (bicyclic) bond motifs is 4. The topological polar surface area (TPSA) is 188 Å². The summed E-state index contributed by atoms with van der Waals surface area (Å²) in [5, 5.41) is 0. The van der Waals surface area contributed by atoms with E-state index in [-0.39, 0.29) is 43.9 Å². The maximum absolute atomic E-state index is 14.0. The number of hydrogen-bond acceptors (Lipinski definition) is 17. The van der Waals surface area contributed by atoms with E-state index in [2.05, 4.69) is 0 Å². The van der Waals surface area contributed by atoms with Crippen LogP contribution in [0.3, 0.4) is 0 Å². The predicted octanol–water partition coefficient (Wildman–Crippen LogP) is 6.06. The first kappa shape index (κ1) is 44.2. The van der Waals surface area contributed by atoms with Crippen molar-refractivity contribution in [3.05, 3.63) is 76.9 Å². The molecule has 0 saturated carbocycles. The smallest absolute Gasteiger partial charge is 0.493 e. The molecule has 0 amide bonds. The first-order chi connectivity index (χ1) is 29.8. The maximum atomic E-state index is 14.0. The molecule has 5 aliphatic rings. The van der Waals surface area contributed by atoms with Gasteiger partial charge in [-0.25, -0.2) is 14.4 Å². The molecule has 0 bridgehead atoms. The summed E-state index contributed by atoms with van der Waals surface area (Å²) in [5.41, 5.74) is 2.29. The highest BCUT2D eigenvalue weighted by Gasteiger charge is 2.58. The fourth-order valence-electron chi connectivity index (χ4n) is 8.25. The maximum Gasteiger partial charge on any atom is 0.514 e. The van der Waals surface area contributed by atoms with Crippen molar-refractivity contribution in [1.29, 1.82) is 0 Å². The molecule has 21 heteroatoms. The minimum Gasteiger partial charge on any atom is -0.493 e. The molecule has 332 valence electrons. The summed E-state index contributed by atoms with van der Waals surface area (Å²) >= 11 is 23.6. The summed E-state index contributed by atoms with van der Waals surface area (Å²) in [5.74, 6) is -4.35. The molecule has 1 aliphatic carbocycles. The van der Waals surface area contributed by atoms with Gasteiger partial charge in [-0.15, -0.1) is 0 Å². The number of alkyl halides is 4. The molecule has 0 spiro atoms. The number of rotatable bonds is 12. The summed E-state index contributed by atoms with van der Waals surface area (Å²) in [7, 11) is 2.76. The van der Waals surface area contributed by atoms with Gasteiger partial charge in [-0.05, 0) is 53.4 Å². The van der Waals surface area contributed by atoms with Crippen molar-refractivity contribution in [2.75, 3.05) is 34.2 Å². The van der Waals surface area contributed by atoms with Crippen LogP contribution in [0, 0.1) is 11.8 Å². The minimum absolute atomic E-state index is 0.0457. The van der Waals surface area contributed by atoms with E-state index in [1.54, 1.807) is 43.3 Å². The Labute approximate surface area is 373 Å². The molecule has 8 rings (SSSR count). The third kappa shape index (κ3) is 8.86. The SMILES string of the molecule is COc1cc([C@@H]2c3cc4c(cc3[C@@H](O[C@@H]3O[C@@H]5CO[C@@H](C)O[C@H]5[C@H](OC(=O)C(Cl)Cl)[C@H]3OC(=O)C(Cl)Cl)[C@H]3COC(=O)[C@H]23)OCO4)cc(OC)c1OC(=O)OCc1ccccc1. The fourth-order valence-corrected chi connectivity index (χ4v) is 8.45. The lowest BCUT2D eigenvalue weighted by Gasteiger charge is -2.49. The Bertz CT molecular complexity index is 2150. The Morgan fingerprint density at radius 2 is 1.45 bits per heavy atom. The van der Waals surface area contributed by atoms with E-state index in [4.69, 9.17) is 108 Å². The number of ether oxygens (including phenoxy) is 13. The van der Waals surface area contributed by atoms with Crippen molar-refractivity contribution in [3.8, 4) is 28.7 Å². The van der Waals surface area contributed by atoms with Gasteiger partial charge < -0.3 is 61.6 Å². The van der Waals surface area contributed by atoms with Crippen LogP contribution in [0.15, 0.2) is 54.6 Å². The standard InChI is InChI=1S/C41H38Cl4O17/c1-17-52-15-27-32(57-17)33(59-38(47)35(42)43)34(60-39(48)36(44)45)40(58-27)61-30-21-12-24-23(55-16-56-24)11-20(21)28(29-22(30)14-53-37(29)46)19-9-25(50-2)31(26(10-19)51-3)62-41(49)54-13-18-7-5-4-6-8-18/h4-12,17,22,27-30,32-36,40H,13-16H2,1-3H3/t17-,22+,27-,28-,29+,30-,32-,33+,34-,40+/m1/s1. The first-order valence-corrected chi connectivity index (χ1v) is 20.9. The summed E-state index contributed by atoms with van der Waals surface area (Å²) in [4.78, 5) is 49.6. The van der Waals surface area contributed by atoms with E-state index >= 15 is 0 Å². The Kier molecular flexibility index (Phi) is 13.3. The van der Waals surface area contributed by atoms with Crippen LogP contribution in [0.25, 0.3) is 0 Å². The predicted molar refractivity (Wildman–Crippen MR) is 213 cm³/mol. The third-order valence-corrected chi connectivity index (χ3v) is 11.6. The van der Waals surface area contributed by atoms with Gasteiger partial charge >= 0.3 is 24.1 Å². The Morgan fingerprint density at radius 1 is 0.806 bits per heavy atom. The van der Waals surface area contributed by atoms with E-state index < -0.39 is 94.6 Å². The zero-order valence-corrected chi connectivity index (χ0v) is 35.9. The van der Waals surface area contributed by atoms with Crippen LogP contribution in [0.1, 0.15) is 41.2 Å². The summed E-state index contributed by atoms with van der Waals surface area (Å²) in [6.45, 7) is 1.30. The van der Waals surface area contributed by atoms with E-state index in [1.807, 2.05) is 18.2 Å². The van der Waals surface area contributed by atoms with Gasteiger partial charge in [0.25, 0.3) is 0 Å². The quantitative estimate of drug-likeness (QED) is 0.0882. The Balaban J connectivity index is 1.18. The fraction of sp³-hybridized carbons (Fsp3) is 0.463. The van der Waals surface area contributed by atoms with Crippen molar-refractivity contribution in [1.82, 2.24) is 0 Å². The van der Waals surface area contributed by atoms with Crippen LogP contribution in [-0.4, -0.2) is 105 Å². The number of cyclic esters (lactones) is 1. The second kappa shape index (κ2) is 18.7. The molecule has 0 radical (unpaired) electrons. The second-order valence-corrected chi connectivity index (χ2v) is 16.7. The van der Waals surface area contributed by atoms with Gasteiger partial charge in [0.2, 0.25) is 22.2 Å². The van der Waals surface area contributed by atoms with Gasteiger partial charge in [-0.1, -0.05) is 76.7 Å². The highest BCUT2D eigenvalue weighted by molar-refractivity contribution is 6.53.